The van der Waals surface area contributed by atoms with Crippen LogP contribution in [0.2, 0.25) is 0 Å². The summed E-state index contributed by atoms with van der Waals surface area (Å²) in [5, 5.41) is 29.2. The molecule has 3 rings (SSSR count). The van der Waals surface area contributed by atoms with Gasteiger partial charge in [-0.05, 0) is 6.92 Å². The summed E-state index contributed by atoms with van der Waals surface area (Å²) in [5.74, 6) is -0.0504. The standard InChI is InChI=1S/C12H17N5O5/c1-12(8(20)7(19)5(2-18)22-12)3-17-4-14-6-9(17)15-11(13)16-10(6)21/h4-5,7-8,18-20H,2-3H2,1H3,(H3,13,15,16,21)/t5-,7+,8?,12+/m1/s1. The number of hydrogen-bond acceptors (Lipinski definition) is 8. The van der Waals surface area contributed by atoms with E-state index in [9.17, 15) is 15.0 Å². The summed E-state index contributed by atoms with van der Waals surface area (Å²) in [6, 6.07) is 0. The SMILES string of the molecule is C[C@@]1(Cn2cnc3c(=O)[nH]c(N)nc32)O[C@H](CO)[C@H](O)C1O. The summed E-state index contributed by atoms with van der Waals surface area (Å²) in [6.07, 6.45) is -1.91. The van der Waals surface area contributed by atoms with Gasteiger partial charge in [0.05, 0.1) is 19.5 Å². The monoisotopic (exact) mass is 311 g/mol. The first-order valence-corrected chi connectivity index (χ1v) is 6.71. The maximum atomic E-state index is 11.7. The van der Waals surface area contributed by atoms with Crippen molar-refractivity contribution in [2.45, 2.75) is 37.4 Å². The van der Waals surface area contributed by atoms with E-state index in [0.29, 0.717) is 0 Å². The van der Waals surface area contributed by atoms with Crippen LogP contribution >= 0.6 is 0 Å². The van der Waals surface area contributed by atoms with Crippen molar-refractivity contribution < 1.29 is 20.1 Å². The van der Waals surface area contributed by atoms with Crippen LogP contribution < -0.4 is 11.3 Å². The number of anilines is 1. The number of rotatable bonds is 3. The number of ether oxygens (including phenoxy) is 1. The largest absolute Gasteiger partial charge is 0.394 e. The lowest BCUT2D eigenvalue weighted by atomic mass is 9.96. The third-order valence-corrected chi connectivity index (χ3v) is 3.91. The van der Waals surface area contributed by atoms with Crippen LogP contribution in [0.3, 0.4) is 0 Å². The number of aromatic nitrogens is 4. The van der Waals surface area contributed by atoms with Crippen LogP contribution in [0.4, 0.5) is 5.95 Å². The molecule has 10 nitrogen and oxygen atoms in total. The number of fused-ring (bicyclic) bond motifs is 1. The van der Waals surface area contributed by atoms with Gasteiger partial charge in [0.2, 0.25) is 5.95 Å². The molecule has 0 spiro atoms. The van der Waals surface area contributed by atoms with Gasteiger partial charge in [-0.3, -0.25) is 9.78 Å². The van der Waals surface area contributed by atoms with Gasteiger partial charge < -0.3 is 30.4 Å². The molecule has 3 heterocycles. The Bertz CT molecular complexity index is 758. The lowest BCUT2D eigenvalue weighted by Gasteiger charge is -2.28. The summed E-state index contributed by atoms with van der Waals surface area (Å²) >= 11 is 0. The van der Waals surface area contributed by atoms with Gasteiger partial charge in [0.1, 0.15) is 23.9 Å². The van der Waals surface area contributed by atoms with Gasteiger partial charge in [-0.1, -0.05) is 0 Å². The summed E-state index contributed by atoms with van der Waals surface area (Å²) in [7, 11) is 0. The maximum absolute atomic E-state index is 11.7. The predicted molar refractivity (Wildman–Crippen MR) is 74.9 cm³/mol. The van der Waals surface area contributed by atoms with Crippen LogP contribution in [0, 0.1) is 0 Å². The molecule has 0 amide bonds. The number of nitrogens with one attached hydrogen (secondary N) is 1. The molecule has 10 heteroatoms. The van der Waals surface area contributed by atoms with Crippen molar-refractivity contribution in [3.63, 3.8) is 0 Å². The van der Waals surface area contributed by atoms with Crippen LogP contribution in [0.25, 0.3) is 11.2 Å². The molecular weight excluding hydrogens is 294 g/mol. The van der Waals surface area contributed by atoms with E-state index in [4.69, 9.17) is 15.6 Å². The van der Waals surface area contributed by atoms with Gasteiger partial charge in [0, 0.05) is 0 Å². The molecule has 2 aromatic rings. The molecule has 1 aliphatic heterocycles. The average Bonchev–Trinajstić information content (AvgIpc) is 2.94. The first-order valence-electron chi connectivity index (χ1n) is 6.71. The highest BCUT2D eigenvalue weighted by Gasteiger charge is 2.51. The Kier molecular flexibility index (Phi) is 3.40. The topological polar surface area (TPSA) is 160 Å². The van der Waals surface area contributed by atoms with E-state index >= 15 is 0 Å². The minimum absolute atomic E-state index is 0.0504. The molecule has 4 atom stereocenters. The predicted octanol–water partition coefficient (Wildman–Crippen LogP) is -2.43. The number of aromatic amines is 1. The number of nitrogens with two attached hydrogens (primary N) is 1. The molecule has 0 aromatic carbocycles. The normalized spacial score (nSPS) is 31.9. The first kappa shape index (κ1) is 14.9. The Hall–Kier alpha value is -2.01. The molecular formula is C12H17N5O5. The van der Waals surface area contributed by atoms with Gasteiger partial charge in [0.25, 0.3) is 5.56 Å². The molecule has 1 saturated heterocycles. The third kappa shape index (κ3) is 2.16. The molecule has 6 N–H and O–H groups in total. The van der Waals surface area contributed by atoms with E-state index in [1.807, 2.05) is 0 Å². The summed E-state index contributed by atoms with van der Waals surface area (Å²) in [4.78, 5) is 22.1. The molecule has 0 saturated carbocycles. The van der Waals surface area contributed by atoms with Crippen molar-refractivity contribution in [2.24, 2.45) is 0 Å². The molecule has 22 heavy (non-hydrogen) atoms. The highest BCUT2D eigenvalue weighted by molar-refractivity contribution is 5.70. The average molecular weight is 311 g/mol. The van der Waals surface area contributed by atoms with E-state index in [0.717, 1.165) is 0 Å². The summed E-state index contributed by atoms with van der Waals surface area (Å²) in [6.45, 7) is 1.26. The van der Waals surface area contributed by atoms with Crippen molar-refractivity contribution in [1.29, 1.82) is 0 Å². The minimum atomic E-state index is -1.21. The number of H-pyrrole nitrogens is 1. The second kappa shape index (κ2) is 5.02. The fourth-order valence-electron chi connectivity index (χ4n) is 2.75. The molecule has 2 aromatic heterocycles. The van der Waals surface area contributed by atoms with E-state index in [1.165, 1.54) is 10.9 Å². The lowest BCUT2D eigenvalue weighted by Crippen LogP contribution is -2.43. The fraction of sp³-hybridized carbons (Fsp3) is 0.583. The summed E-state index contributed by atoms with van der Waals surface area (Å²) in [5.41, 5.74) is 4.26. The van der Waals surface area contributed by atoms with Crippen molar-refractivity contribution in [3.8, 4) is 0 Å². The zero-order chi connectivity index (χ0) is 16.1. The van der Waals surface area contributed by atoms with Crippen LogP contribution in [0.1, 0.15) is 6.92 Å². The van der Waals surface area contributed by atoms with E-state index < -0.39 is 36.1 Å². The number of nitrogens with zero attached hydrogens (tertiary/aromatic N) is 3. The fourth-order valence-corrected chi connectivity index (χ4v) is 2.75. The Morgan fingerprint density at radius 2 is 2.27 bits per heavy atom. The Labute approximate surface area is 124 Å². The Morgan fingerprint density at radius 1 is 1.55 bits per heavy atom. The zero-order valence-electron chi connectivity index (χ0n) is 11.8. The van der Waals surface area contributed by atoms with Crippen LogP contribution in [0.15, 0.2) is 11.1 Å². The molecule has 0 radical (unpaired) electrons. The van der Waals surface area contributed by atoms with Crippen molar-refractivity contribution >= 4 is 17.1 Å². The third-order valence-electron chi connectivity index (χ3n) is 3.91. The summed E-state index contributed by atoms with van der Waals surface area (Å²) < 4.78 is 7.07. The van der Waals surface area contributed by atoms with Crippen molar-refractivity contribution in [1.82, 2.24) is 19.5 Å². The Balaban J connectivity index is 1.98. The van der Waals surface area contributed by atoms with Gasteiger partial charge in [-0.2, -0.15) is 4.98 Å². The highest BCUT2D eigenvalue weighted by atomic mass is 16.6. The molecule has 0 bridgehead atoms. The maximum Gasteiger partial charge on any atom is 0.280 e. The van der Waals surface area contributed by atoms with Gasteiger partial charge in [-0.15, -0.1) is 0 Å². The van der Waals surface area contributed by atoms with Gasteiger partial charge >= 0.3 is 0 Å². The van der Waals surface area contributed by atoms with Gasteiger partial charge in [0.15, 0.2) is 11.2 Å². The lowest BCUT2D eigenvalue weighted by molar-refractivity contribution is -0.0893. The van der Waals surface area contributed by atoms with Crippen molar-refractivity contribution in [2.75, 3.05) is 12.3 Å². The van der Waals surface area contributed by atoms with Crippen LogP contribution in [0.5, 0.6) is 0 Å². The van der Waals surface area contributed by atoms with Crippen LogP contribution in [-0.2, 0) is 11.3 Å². The second-order valence-electron chi connectivity index (χ2n) is 5.58. The number of aliphatic hydroxyl groups excluding tert-OH is 3. The molecule has 1 unspecified atom stereocenters. The number of aliphatic hydroxyl groups is 3. The Morgan fingerprint density at radius 3 is 2.91 bits per heavy atom. The molecule has 0 aliphatic carbocycles. The number of nitrogen functional groups attached to an aromatic ring is 1. The molecule has 120 valence electrons. The smallest absolute Gasteiger partial charge is 0.280 e. The van der Waals surface area contributed by atoms with Crippen molar-refractivity contribution in [3.05, 3.63) is 16.7 Å². The van der Waals surface area contributed by atoms with E-state index in [2.05, 4.69) is 15.0 Å². The number of imidazole rings is 1. The quantitative estimate of drug-likeness (QED) is 0.418. The minimum Gasteiger partial charge on any atom is -0.394 e. The molecule has 1 fully saturated rings. The molecule has 1 aliphatic rings. The zero-order valence-corrected chi connectivity index (χ0v) is 11.8. The number of hydrogen-bond donors (Lipinski definition) is 5. The second-order valence-corrected chi connectivity index (χ2v) is 5.58. The van der Waals surface area contributed by atoms with E-state index in [-0.39, 0.29) is 23.7 Å². The van der Waals surface area contributed by atoms with Gasteiger partial charge in [-0.25, -0.2) is 4.98 Å². The van der Waals surface area contributed by atoms with E-state index in [1.54, 1.807) is 6.92 Å². The first-order chi connectivity index (χ1) is 10.4. The van der Waals surface area contributed by atoms with Crippen LogP contribution in [-0.4, -0.2) is 65.4 Å². The highest BCUT2D eigenvalue weighted by Crippen LogP contribution is 2.32.